The number of hydrogen-bond acceptors (Lipinski definition) is 4. The Morgan fingerprint density at radius 2 is 0.897 bits per heavy atom. The van der Waals surface area contributed by atoms with Gasteiger partial charge in [0.05, 0.1) is 13.2 Å². The Morgan fingerprint density at radius 1 is 0.538 bits per heavy atom. The number of anilines is 2. The van der Waals surface area contributed by atoms with Gasteiger partial charge in [0, 0.05) is 22.5 Å². The Hall–Kier alpha value is -4.58. The molecule has 6 heteroatoms. The first-order chi connectivity index (χ1) is 19.0. The Balaban J connectivity index is 1.27. The van der Waals surface area contributed by atoms with Crippen molar-refractivity contribution >= 4 is 23.2 Å². The summed E-state index contributed by atoms with van der Waals surface area (Å²) >= 11 is 0. The molecule has 0 radical (unpaired) electrons. The Kier molecular flexibility index (Phi) is 9.73. The average Bonchev–Trinajstić information content (AvgIpc) is 2.97. The van der Waals surface area contributed by atoms with Gasteiger partial charge < -0.3 is 20.1 Å². The van der Waals surface area contributed by atoms with Gasteiger partial charge in [-0.25, -0.2) is 0 Å². The van der Waals surface area contributed by atoms with Gasteiger partial charge in [-0.15, -0.1) is 0 Å². The summed E-state index contributed by atoms with van der Waals surface area (Å²) < 4.78 is 11.1. The predicted molar refractivity (Wildman–Crippen MR) is 156 cm³/mol. The lowest BCUT2D eigenvalue weighted by atomic mass is 10.0. The minimum absolute atomic E-state index is 0.164. The summed E-state index contributed by atoms with van der Waals surface area (Å²) in [7, 11) is 0. The number of carbonyl (C=O) groups excluding carboxylic acids is 2. The molecule has 0 aliphatic carbocycles. The zero-order valence-electron chi connectivity index (χ0n) is 22.4. The van der Waals surface area contributed by atoms with Crippen molar-refractivity contribution in [2.24, 2.45) is 0 Å². The van der Waals surface area contributed by atoms with E-state index in [4.69, 9.17) is 9.47 Å². The summed E-state index contributed by atoms with van der Waals surface area (Å²) in [5, 5.41) is 5.87. The molecule has 0 aliphatic rings. The van der Waals surface area contributed by atoms with Gasteiger partial charge in [0.15, 0.2) is 0 Å². The van der Waals surface area contributed by atoms with Crippen LogP contribution in [0.1, 0.15) is 58.5 Å². The minimum atomic E-state index is -0.164. The van der Waals surface area contributed by atoms with Crippen LogP contribution in [0.3, 0.4) is 0 Å². The van der Waals surface area contributed by atoms with Gasteiger partial charge in [-0.05, 0) is 103 Å². The number of carbonyl (C=O) groups is 2. The first-order valence-electron chi connectivity index (χ1n) is 13.3. The van der Waals surface area contributed by atoms with Crippen LogP contribution in [0.2, 0.25) is 0 Å². The third-order valence-corrected chi connectivity index (χ3v) is 6.01. The number of ether oxygens (including phenoxy) is 2. The Labute approximate surface area is 230 Å². The normalized spacial score (nSPS) is 10.5. The van der Waals surface area contributed by atoms with Gasteiger partial charge >= 0.3 is 0 Å². The highest BCUT2D eigenvalue weighted by Crippen LogP contribution is 2.19. The molecule has 4 rings (SSSR count). The second kappa shape index (κ2) is 13.8. The van der Waals surface area contributed by atoms with Gasteiger partial charge in [0.1, 0.15) is 11.5 Å². The van der Waals surface area contributed by atoms with Crippen LogP contribution in [0, 0.1) is 0 Å². The molecule has 0 aliphatic heterocycles. The molecule has 0 aromatic heterocycles. The summed E-state index contributed by atoms with van der Waals surface area (Å²) in [5.74, 6) is 1.19. The number of hydrogen-bond donors (Lipinski definition) is 2. The Morgan fingerprint density at radius 3 is 1.23 bits per heavy atom. The molecule has 0 atom stereocenters. The summed E-state index contributed by atoms with van der Waals surface area (Å²) in [4.78, 5) is 25.2. The van der Waals surface area contributed by atoms with Crippen molar-refractivity contribution in [1.82, 2.24) is 0 Å². The van der Waals surface area contributed by atoms with E-state index >= 15 is 0 Å². The molecule has 4 aromatic rings. The second-order valence-electron chi connectivity index (χ2n) is 9.22. The lowest BCUT2D eigenvalue weighted by Crippen LogP contribution is -2.12. The van der Waals surface area contributed by atoms with Crippen molar-refractivity contribution in [2.45, 2.75) is 33.1 Å². The van der Waals surface area contributed by atoms with Crippen molar-refractivity contribution < 1.29 is 19.1 Å². The standard InChI is InChI=1S/C33H34N2O4/c1-3-21-38-30-17-9-26(10-18-30)32(36)34-28-13-5-24(6-14-28)23-25-7-15-29(16-8-25)35-33(37)27-11-19-31(20-12-27)39-22-4-2/h5-20H,3-4,21-23H2,1-2H3,(H,34,36)(H,35,37). The predicted octanol–water partition coefficient (Wildman–Crippen LogP) is 7.36. The van der Waals surface area contributed by atoms with E-state index in [1.807, 2.05) is 72.8 Å². The van der Waals surface area contributed by atoms with Gasteiger partial charge in [0.25, 0.3) is 11.8 Å². The highest BCUT2D eigenvalue weighted by atomic mass is 16.5. The smallest absolute Gasteiger partial charge is 0.255 e. The molecule has 0 spiro atoms. The van der Waals surface area contributed by atoms with Gasteiger partial charge in [0.2, 0.25) is 0 Å². The number of benzene rings is 4. The third kappa shape index (κ3) is 8.20. The van der Waals surface area contributed by atoms with Crippen molar-refractivity contribution in [3.63, 3.8) is 0 Å². The maximum absolute atomic E-state index is 12.6. The van der Waals surface area contributed by atoms with Crippen LogP contribution in [0.4, 0.5) is 11.4 Å². The summed E-state index contributed by atoms with van der Waals surface area (Å²) in [5.41, 5.74) is 4.86. The van der Waals surface area contributed by atoms with Gasteiger partial charge in [-0.3, -0.25) is 9.59 Å². The van der Waals surface area contributed by atoms with E-state index in [1.54, 1.807) is 24.3 Å². The molecule has 39 heavy (non-hydrogen) atoms. The molecule has 6 nitrogen and oxygen atoms in total. The average molecular weight is 523 g/mol. The van der Waals surface area contributed by atoms with Gasteiger partial charge in [-0.2, -0.15) is 0 Å². The molecule has 200 valence electrons. The second-order valence-corrected chi connectivity index (χ2v) is 9.22. The molecule has 0 saturated heterocycles. The lowest BCUT2D eigenvalue weighted by molar-refractivity contribution is 0.101. The van der Waals surface area contributed by atoms with Crippen molar-refractivity contribution in [1.29, 1.82) is 0 Å². The lowest BCUT2D eigenvalue weighted by Gasteiger charge is -2.09. The maximum atomic E-state index is 12.6. The molecule has 0 unspecified atom stereocenters. The van der Waals surface area contributed by atoms with Crippen molar-refractivity contribution in [3.05, 3.63) is 119 Å². The first kappa shape index (κ1) is 27.5. The van der Waals surface area contributed by atoms with Crippen LogP contribution in [0.15, 0.2) is 97.1 Å². The number of rotatable bonds is 12. The highest BCUT2D eigenvalue weighted by molar-refractivity contribution is 6.05. The number of nitrogens with one attached hydrogen (secondary N) is 2. The van der Waals surface area contributed by atoms with Crippen LogP contribution in [0.5, 0.6) is 11.5 Å². The fourth-order valence-electron chi connectivity index (χ4n) is 3.90. The fraction of sp³-hybridized carbons (Fsp3) is 0.212. The minimum Gasteiger partial charge on any atom is -0.494 e. The van der Waals surface area contributed by atoms with E-state index in [9.17, 15) is 9.59 Å². The molecular formula is C33H34N2O4. The molecule has 0 saturated carbocycles. The van der Waals surface area contributed by atoms with E-state index in [2.05, 4.69) is 24.5 Å². The van der Waals surface area contributed by atoms with Crippen LogP contribution in [-0.4, -0.2) is 25.0 Å². The molecular weight excluding hydrogens is 488 g/mol. The van der Waals surface area contributed by atoms with Crippen LogP contribution in [-0.2, 0) is 6.42 Å². The van der Waals surface area contributed by atoms with Crippen molar-refractivity contribution in [2.75, 3.05) is 23.8 Å². The fourth-order valence-corrected chi connectivity index (χ4v) is 3.90. The molecule has 0 bridgehead atoms. The maximum Gasteiger partial charge on any atom is 0.255 e. The summed E-state index contributed by atoms with van der Waals surface area (Å²) in [6.07, 6.45) is 2.61. The number of amides is 2. The summed E-state index contributed by atoms with van der Waals surface area (Å²) in [6, 6.07) is 29.9. The van der Waals surface area contributed by atoms with Crippen LogP contribution < -0.4 is 20.1 Å². The zero-order chi connectivity index (χ0) is 27.5. The van der Waals surface area contributed by atoms with Crippen molar-refractivity contribution in [3.8, 4) is 11.5 Å². The van der Waals surface area contributed by atoms with E-state index in [0.717, 1.165) is 53.3 Å². The Bertz CT molecular complexity index is 1240. The van der Waals surface area contributed by atoms with Crippen LogP contribution in [0.25, 0.3) is 0 Å². The van der Waals surface area contributed by atoms with Gasteiger partial charge in [-0.1, -0.05) is 38.1 Å². The van der Waals surface area contributed by atoms with E-state index < -0.39 is 0 Å². The third-order valence-electron chi connectivity index (χ3n) is 6.01. The quantitative estimate of drug-likeness (QED) is 0.204. The highest BCUT2D eigenvalue weighted by Gasteiger charge is 2.08. The van der Waals surface area contributed by atoms with Crippen LogP contribution >= 0.6 is 0 Å². The molecule has 4 aromatic carbocycles. The topological polar surface area (TPSA) is 76.7 Å². The zero-order valence-corrected chi connectivity index (χ0v) is 22.4. The largest absolute Gasteiger partial charge is 0.494 e. The molecule has 2 amide bonds. The molecule has 0 heterocycles. The van der Waals surface area contributed by atoms with E-state index in [-0.39, 0.29) is 11.8 Å². The monoisotopic (exact) mass is 522 g/mol. The van der Waals surface area contributed by atoms with E-state index in [0.29, 0.717) is 24.3 Å². The van der Waals surface area contributed by atoms with E-state index in [1.165, 1.54) is 0 Å². The SMILES string of the molecule is CCCOc1ccc(C(=O)Nc2ccc(Cc3ccc(NC(=O)c4ccc(OCCC)cc4)cc3)cc2)cc1. The first-order valence-corrected chi connectivity index (χ1v) is 13.3. The molecule has 0 fully saturated rings. The molecule has 2 N–H and O–H groups in total. The summed E-state index contributed by atoms with van der Waals surface area (Å²) in [6.45, 7) is 5.42.